The van der Waals surface area contributed by atoms with Crippen LogP contribution in [0.2, 0.25) is 0 Å². The molecule has 2 atom stereocenters. The quantitative estimate of drug-likeness (QED) is 0.742. The molecule has 0 aliphatic heterocycles. The molecule has 3 heteroatoms. The van der Waals surface area contributed by atoms with Gasteiger partial charge in [0.25, 0.3) is 0 Å². The van der Waals surface area contributed by atoms with Crippen molar-refractivity contribution in [2.24, 2.45) is 0 Å². The molecule has 106 valence electrons. The number of nitrogens with one attached hydrogen (secondary N) is 2. The van der Waals surface area contributed by atoms with Crippen molar-refractivity contribution in [1.82, 2.24) is 10.6 Å². The van der Waals surface area contributed by atoms with Crippen LogP contribution >= 0.6 is 0 Å². The van der Waals surface area contributed by atoms with Gasteiger partial charge in [-0.2, -0.15) is 0 Å². The van der Waals surface area contributed by atoms with Gasteiger partial charge in [-0.25, -0.2) is 0 Å². The Hall–Kier alpha value is -1.35. The molecular formula is C16H26N2O. The first kappa shape index (κ1) is 15.7. The minimum atomic E-state index is -0.174. The summed E-state index contributed by atoms with van der Waals surface area (Å²) < 4.78 is 0. The first-order valence-corrected chi connectivity index (χ1v) is 7.15. The predicted octanol–water partition coefficient (Wildman–Crippen LogP) is 2.95. The Kier molecular flexibility index (Phi) is 6.57. The standard InChI is InChI=1S/C16H26N2O/c1-5-6-10-17-16(19)14(4)18-13(3)15-9-7-8-12(2)11-15/h7-9,11,13-14,18H,5-6,10H2,1-4H3,(H,17,19)/t13-,14?/m1/s1. The fourth-order valence-corrected chi connectivity index (χ4v) is 2.03. The molecule has 0 aliphatic carbocycles. The van der Waals surface area contributed by atoms with Crippen molar-refractivity contribution in [3.8, 4) is 0 Å². The van der Waals surface area contributed by atoms with Crippen LogP contribution in [0.5, 0.6) is 0 Å². The Balaban J connectivity index is 2.47. The highest BCUT2D eigenvalue weighted by atomic mass is 16.2. The molecule has 2 N–H and O–H groups in total. The zero-order chi connectivity index (χ0) is 14.3. The average molecular weight is 262 g/mol. The maximum Gasteiger partial charge on any atom is 0.236 e. The van der Waals surface area contributed by atoms with Crippen LogP contribution in [0.3, 0.4) is 0 Å². The van der Waals surface area contributed by atoms with E-state index in [-0.39, 0.29) is 18.0 Å². The SMILES string of the molecule is CCCCNC(=O)C(C)N[C@H](C)c1cccc(C)c1. The fourth-order valence-electron chi connectivity index (χ4n) is 2.03. The number of rotatable bonds is 7. The maximum atomic E-state index is 11.9. The van der Waals surface area contributed by atoms with E-state index in [0.29, 0.717) is 0 Å². The number of carbonyl (C=O) groups is 1. The summed E-state index contributed by atoms with van der Waals surface area (Å²) in [4.78, 5) is 11.9. The molecule has 1 rings (SSSR count). The minimum absolute atomic E-state index is 0.0768. The Morgan fingerprint density at radius 2 is 2.05 bits per heavy atom. The number of unbranched alkanes of at least 4 members (excludes halogenated alkanes) is 1. The molecule has 0 saturated heterocycles. The van der Waals surface area contributed by atoms with Gasteiger partial charge in [0.15, 0.2) is 0 Å². The van der Waals surface area contributed by atoms with Crippen LogP contribution in [0.1, 0.15) is 50.8 Å². The summed E-state index contributed by atoms with van der Waals surface area (Å²) in [6.45, 7) is 8.96. The summed E-state index contributed by atoms with van der Waals surface area (Å²) in [5.74, 6) is 0.0768. The van der Waals surface area contributed by atoms with Crippen molar-refractivity contribution < 1.29 is 4.79 Å². The predicted molar refractivity (Wildman–Crippen MR) is 80.1 cm³/mol. The number of carbonyl (C=O) groups excluding carboxylic acids is 1. The van der Waals surface area contributed by atoms with Gasteiger partial charge in [0.1, 0.15) is 0 Å². The summed E-state index contributed by atoms with van der Waals surface area (Å²) in [7, 11) is 0. The monoisotopic (exact) mass is 262 g/mol. The first-order chi connectivity index (χ1) is 9.04. The number of hydrogen-bond donors (Lipinski definition) is 2. The summed E-state index contributed by atoms with van der Waals surface area (Å²) >= 11 is 0. The average Bonchev–Trinajstić information content (AvgIpc) is 2.38. The Morgan fingerprint density at radius 1 is 1.32 bits per heavy atom. The zero-order valence-electron chi connectivity index (χ0n) is 12.5. The van der Waals surface area contributed by atoms with Crippen LogP contribution in [0.15, 0.2) is 24.3 Å². The summed E-state index contributed by atoms with van der Waals surface area (Å²) in [5.41, 5.74) is 2.46. The van der Waals surface area contributed by atoms with Gasteiger partial charge >= 0.3 is 0 Å². The van der Waals surface area contributed by atoms with E-state index in [0.717, 1.165) is 19.4 Å². The molecule has 0 heterocycles. The van der Waals surface area contributed by atoms with Crippen molar-refractivity contribution in [3.63, 3.8) is 0 Å². The van der Waals surface area contributed by atoms with Crippen molar-refractivity contribution in [3.05, 3.63) is 35.4 Å². The van der Waals surface area contributed by atoms with E-state index in [1.807, 2.05) is 6.92 Å². The summed E-state index contributed by atoms with van der Waals surface area (Å²) in [6.07, 6.45) is 2.13. The molecule has 1 amide bonds. The largest absolute Gasteiger partial charge is 0.355 e. The number of aryl methyl sites for hydroxylation is 1. The molecule has 0 fully saturated rings. The Labute approximate surface area is 116 Å². The topological polar surface area (TPSA) is 41.1 Å². The summed E-state index contributed by atoms with van der Waals surface area (Å²) in [6, 6.07) is 8.37. The van der Waals surface area contributed by atoms with Gasteiger partial charge in [0.2, 0.25) is 5.91 Å². The maximum absolute atomic E-state index is 11.9. The molecule has 1 aromatic rings. The van der Waals surface area contributed by atoms with Crippen LogP contribution in [0.25, 0.3) is 0 Å². The smallest absolute Gasteiger partial charge is 0.236 e. The molecular weight excluding hydrogens is 236 g/mol. The van der Waals surface area contributed by atoms with Gasteiger partial charge in [0.05, 0.1) is 6.04 Å². The Morgan fingerprint density at radius 3 is 2.68 bits per heavy atom. The van der Waals surface area contributed by atoms with Gasteiger partial charge in [-0.3, -0.25) is 10.1 Å². The van der Waals surface area contributed by atoms with Crippen LogP contribution in [-0.4, -0.2) is 18.5 Å². The van der Waals surface area contributed by atoms with E-state index in [2.05, 4.69) is 55.7 Å². The van der Waals surface area contributed by atoms with E-state index >= 15 is 0 Å². The van der Waals surface area contributed by atoms with E-state index in [4.69, 9.17) is 0 Å². The van der Waals surface area contributed by atoms with Crippen molar-refractivity contribution in [2.45, 2.75) is 52.6 Å². The second kappa shape index (κ2) is 7.95. The minimum Gasteiger partial charge on any atom is -0.355 e. The van der Waals surface area contributed by atoms with Crippen LogP contribution < -0.4 is 10.6 Å². The normalized spacial score (nSPS) is 13.9. The van der Waals surface area contributed by atoms with E-state index in [9.17, 15) is 4.79 Å². The van der Waals surface area contributed by atoms with Gasteiger partial charge in [-0.05, 0) is 32.8 Å². The number of benzene rings is 1. The van der Waals surface area contributed by atoms with Crippen molar-refractivity contribution >= 4 is 5.91 Å². The Bertz CT molecular complexity index is 403. The number of hydrogen-bond acceptors (Lipinski definition) is 2. The molecule has 0 bridgehead atoms. The lowest BCUT2D eigenvalue weighted by atomic mass is 10.1. The van der Waals surface area contributed by atoms with E-state index < -0.39 is 0 Å². The zero-order valence-corrected chi connectivity index (χ0v) is 12.5. The van der Waals surface area contributed by atoms with Crippen LogP contribution in [-0.2, 0) is 4.79 Å². The van der Waals surface area contributed by atoms with Crippen molar-refractivity contribution in [2.75, 3.05) is 6.54 Å². The second-order valence-corrected chi connectivity index (χ2v) is 5.17. The fraction of sp³-hybridized carbons (Fsp3) is 0.562. The third-order valence-corrected chi connectivity index (χ3v) is 3.26. The molecule has 1 unspecified atom stereocenters. The van der Waals surface area contributed by atoms with Crippen LogP contribution in [0.4, 0.5) is 0 Å². The summed E-state index contributed by atoms with van der Waals surface area (Å²) in [5, 5.41) is 6.29. The highest BCUT2D eigenvalue weighted by molar-refractivity contribution is 5.81. The molecule has 3 nitrogen and oxygen atoms in total. The van der Waals surface area contributed by atoms with Gasteiger partial charge in [0, 0.05) is 12.6 Å². The van der Waals surface area contributed by atoms with Crippen molar-refractivity contribution in [1.29, 1.82) is 0 Å². The number of amides is 1. The van der Waals surface area contributed by atoms with Gasteiger partial charge in [-0.15, -0.1) is 0 Å². The molecule has 0 saturated carbocycles. The lowest BCUT2D eigenvalue weighted by Crippen LogP contribution is -2.43. The third kappa shape index (κ3) is 5.43. The van der Waals surface area contributed by atoms with Gasteiger partial charge in [-0.1, -0.05) is 43.2 Å². The third-order valence-electron chi connectivity index (χ3n) is 3.26. The molecule has 0 aromatic heterocycles. The highest BCUT2D eigenvalue weighted by Gasteiger charge is 2.15. The molecule has 0 aliphatic rings. The highest BCUT2D eigenvalue weighted by Crippen LogP contribution is 2.14. The lowest BCUT2D eigenvalue weighted by molar-refractivity contribution is -0.122. The lowest BCUT2D eigenvalue weighted by Gasteiger charge is -2.20. The van der Waals surface area contributed by atoms with E-state index in [1.54, 1.807) is 0 Å². The van der Waals surface area contributed by atoms with Crippen LogP contribution in [0, 0.1) is 6.92 Å². The van der Waals surface area contributed by atoms with E-state index in [1.165, 1.54) is 11.1 Å². The molecule has 19 heavy (non-hydrogen) atoms. The molecule has 0 radical (unpaired) electrons. The second-order valence-electron chi connectivity index (χ2n) is 5.17. The van der Waals surface area contributed by atoms with Gasteiger partial charge < -0.3 is 5.32 Å². The molecule has 1 aromatic carbocycles. The first-order valence-electron chi connectivity index (χ1n) is 7.15. The molecule has 0 spiro atoms.